The van der Waals surface area contributed by atoms with Crippen molar-refractivity contribution in [3.05, 3.63) is 30.0 Å². The Morgan fingerprint density at radius 2 is 1.93 bits per heavy atom. The van der Waals surface area contributed by atoms with Gasteiger partial charge in [0.2, 0.25) is 5.76 Å². The van der Waals surface area contributed by atoms with Crippen molar-refractivity contribution in [1.29, 1.82) is 0 Å². The molecule has 0 bridgehead atoms. The highest BCUT2D eigenvalue weighted by molar-refractivity contribution is 7.98. The molecule has 1 aromatic heterocycles. The molecule has 0 saturated carbocycles. The van der Waals surface area contributed by atoms with Crippen molar-refractivity contribution in [2.24, 2.45) is 0 Å². The summed E-state index contributed by atoms with van der Waals surface area (Å²) in [6.45, 7) is 0. The minimum absolute atomic E-state index is 0.264. The van der Waals surface area contributed by atoms with Gasteiger partial charge in [-0.2, -0.15) is 13.2 Å². The van der Waals surface area contributed by atoms with Crippen LogP contribution in [0.5, 0.6) is 0 Å². The third-order valence-corrected chi connectivity index (χ3v) is 2.73. The van der Waals surface area contributed by atoms with Crippen molar-refractivity contribution in [3.8, 4) is 0 Å². The number of benzene rings is 1. The number of hydrogen-bond donors (Lipinski definition) is 0. The molecule has 0 aliphatic heterocycles. The van der Waals surface area contributed by atoms with E-state index in [1.165, 1.54) is 11.8 Å². The molecular formula is C10H7F3OS. The molecule has 0 aliphatic carbocycles. The predicted octanol–water partition coefficient (Wildman–Crippen LogP) is 4.17. The first-order valence-corrected chi connectivity index (χ1v) is 5.38. The highest BCUT2D eigenvalue weighted by Gasteiger charge is 2.35. The fourth-order valence-electron chi connectivity index (χ4n) is 1.29. The van der Waals surface area contributed by atoms with Crippen molar-refractivity contribution >= 4 is 22.7 Å². The Morgan fingerprint density at radius 3 is 2.53 bits per heavy atom. The van der Waals surface area contributed by atoms with E-state index in [1.807, 2.05) is 6.26 Å². The Hall–Kier alpha value is -1.10. The molecule has 0 atom stereocenters. The van der Waals surface area contributed by atoms with Crippen LogP contribution in [0.2, 0.25) is 0 Å². The Morgan fingerprint density at radius 1 is 1.20 bits per heavy atom. The number of rotatable bonds is 1. The molecular weight excluding hydrogens is 225 g/mol. The largest absolute Gasteiger partial charge is 0.451 e. The first-order chi connectivity index (χ1) is 7.00. The summed E-state index contributed by atoms with van der Waals surface area (Å²) in [5.41, 5.74) is 0.264. The van der Waals surface area contributed by atoms with Gasteiger partial charge in [0.25, 0.3) is 0 Å². The molecule has 0 N–H and O–H groups in total. The van der Waals surface area contributed by atoms with Crippen LogP contribution in [0.3, 0.4) is 0 Å². The Kier molecular flexibility index (Phi) is 2.42. The molecule has 0 amide bonds. The summed E-state index contributed by atoms with van der Waals surface area (Å²) < 4.78 is 41.6. The summed E-state index contributed by atoms with van der Waals surface area (Å²) in [5, 5.41) is 0.481. The second kappa shape index (κ2) is 3.48. The fraction of sp³-hybridized carbons (Fsp3) is 0.200. The Labute approximate surface area is 88.3 Å². The van der Waals surface area contributed by atoms with Gasteiger partial charge >= 0.3 is 6.18 Å². The van der Waals surface area contributed by atoms with Crippen LogP contribution in [-0.4, -0.2) is 6.26 Å². The molecule has 0 aliphatic rings. The second-order valence-electron chi connectivity index (χ2n) is 3.01. The molecule has 0 unspecified atom stereocenters. The van der Waals surface area contributed by atoms with Crippen LogP contribution in [0.1, 0.15) is 5.76 Å². The van der Waals surface area contributed by atoms with Gasteiger partial charge in [-0.3, -0.25) is 0 Å². The van der Waals surface area contributed by atoms with Crippen LogP contribution < -0.4 is 0 Å². The van der Waals surface area contributed by atoms with E-state index in [1.54, 1.807) is 18.2 Å². The standard InChI is InChI=1S/C10H7F3OS/c1-15-7-2-3-8-6(4-7)5-9(14-8)10(11,12)13/h2-5H,1H3. The molecule has 0 radical (unpaired) electrons. The lowest BCUT2D eigenvalue weighted by atomic mass is 10.2. The molecule has 2 aromatic rings. The number of halogens is 3. The third-order valence-electron chi connectivity index (χ3n) is 2.00. The maximum atomic E-state index is 12.3. The molecule has 80 valence electrons. The van der Waals surface area contributed by atoms with E-state index in [4.69, 9.17) is 4.42 Å². The average molecular weight is 232 g/mol. The van der Waals surface area contributed by atoms with Gasteiger partial charge in [0.1, 0.15) is 5.58 Å². The maximum Gasteiger partial charge on any atom is 0.449 e. The van der Waals surface area contributed by atoms with Crippen molar-refractivity contribution in [2.45, 2.75) is 11.1 Å². The van der Waals surface area contributed by atoms with Gasteiger partial charge in [0.15, 0.2) is 0 Å². The van der Waals surface area contributed by atoms with Gasteiger partial charge in [-0.05, 0) is 30.5 Å². The normalized spacial score (nSPS) is 12.3. The van der Waals surface area contributed by atoms with Crippen molar-refractivity contribution in [2.75, 3.05) is 6.26 Å². The van der Waals surface area contributed by atoms with Crippen molar-refractivity contribution in [3.63, 3.8) is 0 Å². The lowest BCUT2D eigenvalue weighted by Gasteiger charge is -1.98. The monoisotopic (exact) mass is 232 g/mol. The van der Waals surface area contributed by atoms with Gasteiger partial charge in [-0.15, -0.1) is 11.8 Å². The zero-order valence-electron chi connectivity index (χ0n) is 7.76. The number of thioether (sulfide) groups is 1. The minimum Gasteiger partial charge on any atom is -0.451 e. The summed E-state index contributed by atoms with van der Waals surface area (Å²) in [5.74, 6) is -0.948. The van der Waals surface area contributed by atoms with Crippen LogP contribution in [0.15, 0.2) is 33.6 Å². The predicted molar refractivity (Wildman–Crippen MR) is 53.0 cm³/mol. The minimum atomic E-state index is -4.42. The zero-order valence-corrected chi connectivity index (χ0v) is 8.58. The maximum absolute atomic E-state index is 12.3. The summed E-state index contributed by atoms with van der Waals surface area (Å²) in [6, 6.07) is 5.99. The smallest absolute Gasteiger partial charge is 0.449 e. The first-order valence-electron chi connectivity index (χ1n) is 4.15. The first kappa shape index (κ1) is 10.4. The second-order valence-corrected chi connectivity index (χ2v) is 3.89. The van der Waals surface area contributed by atoms with E-state index >= 15 is 0 Å². The molecule has 15 heavy (non-hydrogen) atoms. The van der Waals surface area contributed by atoms with E-state index in [0.29, 0.717) is 5.39 Å². The van der Waals surface area contributed by atoms with Gasteiger partial charge in [-0.1, -0.05) is 0 Å². The van der Waals surface area contributed by atoms with Crippen LogP contribution in [-0.2, 0) is 6.18 Å². The van der Waals surface area contributed by atoms with E-state index < -0.39 is 11.9 Å². The molecule has 2 rings (SSSR count). The quantitative estimate of drug-likeness (QED) is 0.684. The topological polar surface area (TPSA) is 13.1 Å². The molecule has 0 spiro atoms. The van der Waals surface area contributed by atoms with Crippen LogP contribution in [0, 0.1) is 0 Å². The van der Waals surface area contributed by atoms with Gasteiger partial charge in [0, 0.05) is 10.3 Å². The lowest BCUT2D eigenvalue weighted by Crippen LogP contribution is -2.01. The summed E-state index contributed by atoms with van der Waals surface area (Å²) in [4.78, 5) is 0.914. The van der Waals surface area contributed by atoms with E-state index in [-0.39, 0.29) is 5.58 Å². The van der Waals surface area contributed by atoms with Crippen LogP contribution >= 0.6 is 11.8 Å². The molecule has 1 heterocycles. The number of alkyl halides is 3. The lowest BCUT2D eigenvalue weighted by molar-refractivity contribution is -0.152. The van der Waals surface area contributed by atoms with Crippen LogP contribution in [0.4, 0.5) is 13.2 Å². The van der Waals surface area contributed by atoms with Gasteiger partial charge in [-0.25, -0.2) is 0 Å². The average Bonchev–Trinajstić information content (AvgIpc) is 2.59. The van der Waals surface area contributed by atoms with E-state index in [2.05, 4.69) is 0 Å². The zero-order chi connectivity index (χ0) is 11.1. The van der Waals surface area contributed by atoms with Gasteiger partial charge in [0.05, 0.1) is 0 Å². The van der Waals surface area contributed by atoms with Crippen LogP contribution in [0.25, 0.3) is 11.0 Å². The molecule has 1 nitrogen and oxygen atoms in total. The summed E-state index contributed by atoms with van der Waals surface area (Å²) in [6.07, 6.45) is -2.55. The summed E-state index contributed by atoms with van der Waals surface area (Å²) in [7, 11) is 0. The SMILES string of the molecule is CSc1ccc2oc(C(F)(F)F)cc2c1. The van der Waals surface area contributed by atoms with E-state index in [9.17, 15) is 13.2 Å². The molecule has 5 heteroatoms. The van der Waals surface area contributed by atoms with E-state index in [0.717, 1.165) is 11.0 Å². The van der Waals surface area contributed by atoms with Gasteiger partial charge < -0.3 is 4.42 Å². The Bertz CT molecular complexity index is 487. The molecule has 0 saturated heterocycles. The van der Waals surface area contributed by atoms with Crippen molar-refractivity contribution in [1.82, 2.24) is 0 Å². The Balaban J connectivity index is 2.56. The fourth-order valence-corrected chi connectivity index (χ4v) is 1.74. The number of furan rings is 1. The third kappa shape index (κ3) is 1.97. The highest BCUT2D eigenvalue weighted by atomic mass is 32.2. The number of hydrogen-bond acceptors (Lipinski definition) is 2. The molecule has 0 fully saturated rings. The highest BCUT2D eigenvalue weighted by Crippen LogP contribution is 2.34. The molecule has 1 aromatic carbocycles. The van der Waals surface area contributed by atoms with Crippen molar-refractivity contribution < 1.29 is 17.6 Å². The number of fused-ring (bicyclic) bond motifs is 1. The summed E-state index contributed by atoms with van der Waals surface area (Å²) >= 11 is 1.48.